The third-order valence-corrected chi connectivity index (χ3v) is 1.93. The highest BCUT2D eigenvalue weighted by Crippen LogP contribution is 2.24. The van der Waals surface area contributed by atoms with Crippen molar-refractivity contribution in [2.45, 2.75) is 6.42 Å². The minimum atomic E-state index is -1.10. The molecule has 0 radical (unpaired) electrons. The third-order valence-electron chi connectivity index (χ3n) is 1.93. The van der Waals surface area contributed by atoms with E-state index in [1.807, 2.05) is 0 Å². The molecule has 14 heavy (non-hydrogen) atoms. The Kier molecular flexibility index (Phi) is 1.85. The molecule has 1 aromatic rings. The highest BCUT2D eigenvalue weighted by atomic mass is 16.4. The zero-order valence-corrected chi connectivity index (χ0v) is 7.11. The molecule has 0 fully saturated rings. The van der Waals surface area contributed by atoms with Crippen LogP contribution in [0, 0.1) is 0 Å². The average Bonchev–Trinajstić information content (AvgIpc) is 2.70. The predicted octanol–water partition coefficient (Wildman–Crippen LogP) is 0.595. The Morgan fingerprint density at radius 2 is 2.36 bits per heavy atom. The molecular formula is C9H7NO4. The van der Waals surface area contributed by atoms with Gasteiger partial charge in [-0.15, -0.1) is 0 Å². The van der Waals surface area contributed by atoms with Crippen LogP contribution in [0.25, 0.3) is 5.70 Å². The van der Waals surface area contributed by atoms with Gasteiger partial charge in [-0.2, -0.15) is 0 Å². The first-order valence-electron chi connectivity index (χ1n) is 3.98. The lowest BCUT2D eigenvalue weighted by molar-refractivity contribution is -0.133. The van der Waals surface area contributed by atoms with E-state index in [9.17, 15) is 9.59 Å². The Bertz CT molecular complexity index is 416. The zero-order chi connectivity index (χ0) is 10.1. The minimum Gasteiger partial charge on any atom is -0.478 e. The highest BCUT2D eigenvalue weighted by Gasteiger charge is 2.28. The fourth-order valence-electron chi connectivity index (χ4n) is 1.32. The van der Waals surface area contributed by atoms with Crippen LogP contribution in [0.1, 0.15) is 12.2 Å². The van der Waals surface area contributed by atoms with Crippen molar-refractivity contribution >= 4 is 17.6 Å². The molecule has 1 amide bonds. The molecule has 5 nitrogen and oxygen atoms in total. The first kappa shape index (κ1) is 8.55. The molecule has 0 saturated carbocycles. The number of aliphatic carboxylic acids is 1. The van der Waals surface area contributed by atoms with Crippen LogP contribution in [-0.4, -0.2) is 17.0 Å². The number of nitrogens with one attached hydrogen (secondary N) is 1. The van der Waals surface area contributed by atoms with E-state index in [1.165, 1.54) is 6.26 Å². The van der Waals surface area contributed by atoms with E-state index in [-0.39, 0.29) is 23.6 Å². The summed E-state index contributed by atoms with van der Waals surface area (Å²) >= 11 is 0. The first-order chi connectivity index (χ1) is 6.68. The molecule has 0 saturated heterocycles. The summed E-state index contributed by atoms with van der Waals surface area (Å²) in [5, 5.41) is 11.3. The number of carboxylic acid groups (broad SMARTS) is 1. The summed E-state index contributed by atoms with van der Waals surface area (Å²) in [6, 6.07) is 3.23. The van der Waals surface area contributed by atoms with Crippen molar-refractivity contribution < 1.29 is 19.1 Å². The van der Waals surface area contributed by atoms with Crippen LogP contribution in [0.3, 0.4) is 0 Å². The van der Waals surface area contributed by atoms with Gasteiger partial charge in [-0.3, -0.25) is 4.79 Å². The molecule has 2 heterocycles. The Balaban J connectivity index is 2.45. The zero-order valence-electron chi connectivity index (χ0n) is 7.11. The van der Waals surface area contributed by atoms with Gasteiger partial charge in [0.15, 0.2) is 5.76 Å². The van der Waals surface area contributed by atoms with Gasteiger partial charge in [-0.25, -0.2) is 4.79 Å². The van der Waals surface area contributed by atoms with Gasteiger partial charge in [0.05, 0.1) is 24.0 Å². The van der Waals surface area contributed by atoms with Gasteiger partial charge >= 0.3 is 5.97 Å². The monoisotopic (exact) mass is 193 g/mol. The lowest BCUT2D eigenvalue weighted by atomic mass is 10.1. The molecule has 1 aromatic heterocycles. The van der Waals surface area contributed by atoms with Crippen molar-refractivity contribution in [3.8, 4) is 0 Å². The van der Waals surface area contributed by atoms with Crippen molar-refractivity contribution in [3.63, 3.8) is 0 Å². The van der Waals surface area contributed by atoms with E-state index in [4.69, 9.17) is 9.52 Å². The summed E-state index contributed by atoms with van der Waals surface area (Å²) in [5.74, 6) is -1.06. The van der Waals surface area contributed by atoms with Gasteiger partial charge in [0.25, 0.3) is 0 Å². The molecule has 0 aliphatic carbocycles. The van der Waals surface area contributed by atoms with Crippen molar-refractivity contribution in [1.29, 1.82) is 0 Å². The molecule has 2 N–H and O–H groups in total. The number of carboxylic acids is 1. The van der Waals surface area contributed by atoms with Crippen LogP contribution in [0.5, 0.6) is 0 Å². The molecule has 2 rings (SSSR count). The summed E-state index contributed by atoms with van der Waals surface area (Å²) in [6.07, 6.45) is 1.32. The average molecular weight is 193 g/mol. The SMILES string of the molecule is O=C1CC(C(=O)O)=C(c2ccco2)N1. The summed E-state index contributed by atoms with van der Waals surface area (Å²) < 4.78 is 5.01. The van der Waals surface area contributed by atoms with Crippen molar-refractivity contribution in [3.05, 3.63) is 29.7 Å². The van der Waals surface area contributed by atoms with Crippen LogP contribution in [-0.2, 0) is 9.59 Å². The van der Waals surface area contributed by atoms with Gasteiger partial charge in [-0.1, -0.05) is 0 Å². The molecule has 72 valence electrons. The first-order valence-corrected chi connectivity index (χ1v) is 3.98. The van der Waals surface area contributed by atoms with Gasteiger partial charge in [0, 0.05) is 0 Å². The van der Waals surface area contributed by atoms with Crippen molar-refractivity contribution in [2.75, 3.05) is 0 Å². The Hall–Kier alpha value is -2.04. The molecule has 0 aromatic carbocycles. The van der Waals surface area contributed by atoms with Crippen LogP contribution in [0.2, 0.25) is 0 Å². The van der Waals surface area contributed by atoms with Crippen LogP contribution in [0.15, 0.2) is 28.4 Å². The predicted molar refractivity (Wildman–Crippen MR) is 46.0 cm³/mol. The molecular weight excluding hydrogens is 186 g/mol. The minimum absolute atomic E-state index is 0.0463. The van der Waals surface area contributed by atoms with E-state index < -0.39 is 5.97 Å². The third kappa shape index (κ3) is 1.28. The maximum absolute atomic E-state index is 11.0. The molecule has 0 spiro atoms. The maximum Gasteiger partial charge on any atom is 0.334 e. The van der Waals surface area contributed by atoms with Crippen molar-refractivity contribution in [2.24, 2.45) is 0 Å². The lowest BCUT2D eigenvalue weighted by Gasteiger charge is -1.98. The van der Waals surface area contributed by atoms with Gasteiger partial charge in [-0.05, 0) is 12.1 Å². The quantitative estimate of drug-likeness (QED) is 0.720. The van der Waals surface area contributed by atoms with Gasteiger partial charge in [0.1, 0.15) is 0 Å². The van der Waals surface area contributed by atoms with E-state index >= 15 is 0 Å². The second-order valence-electron chi connectivity index (χ2n) is 2.86. The Morgan fingerprint density at radius 1 is 1.57 bits per heavy atom. The maximum atomic E-state index is 11.0. The normalized spacial score (nSPS) is 15.9. The number of rotatable bonds is 2. The van der Waals surface area contributed by atoms with Crippen LogP contribution in [0.4, 0.5) is 0 Å². The number of hydrogen-bond donors (Lipinski definition) is 2. The molecule has 0 unspecified atom stereocenters. The number of amides is 1. The smallest absolute Gasteiger partial charge is 0.334 e. The van der Waals surface area contributed by atoms with Crippen LogP contribution >= 0.6 is 0 Å². The van der Waals surface area contributed by atoms with Crippen molar-refractivity contribution in [1.82, 2.24) is 5.32 Å². The Morgan fingerprint density at radius 3 is 2.93 bits per heavy atom. The number of hydrogen-bond acceptors (Lipinski definition) is 3. The topological polar surface area (TPSA) is 79.5 Å². The van der Waals surface area contributed by atoms with E-state index in [0.29, 0.717) is 5.76 Å². The fourth-order valence-corrected chi connectivity index (χ4v) is 1.32. The molecule has 1 aliphatic rings. The summed E-state index contributed by atoms with van der Waals surface area (Å²) in [4.78, 5) is 21.8. The van der Waals surface area contributed by atoms with E-state index in [1.54, 1.807) is 12.1 Å². The van der Waals surface area contributed by atoms with Crippen LogP contribution < -0.4 is 5.32 Å². The molecule has 1 aliphatic heterocycles. The number of carbonyl (C=O) groups excluding carboxylic acids is 1. The molecule has 0 atom stereocenters. The fraction of sp³-hybridized carbons (Fsp3) is 0.111. The van der Waals surface area contributed by atoms with Gasteiger partial charge in [0.2, 0.25) is 5.91 Å². The summed E-state index contributed by atoms with van der Waals surface area (Å²) in [5.41, 5.74) is 0.303. The molecule has 5 heteroatoms. The van der Waals surface area contributed by atoms with E-state index in [2.05, 4.69) is 5.32 Å². The highest BCUT2D eigenvalue weighted by molar-refractivity contribution is 6.08. The number of furan rings is 1. The van der Waals surface area contributed by atoms with E-state index in [0.717, 1.165) is 0 Å². The second kappa shape index (κ2) is 3.02. The number of carbonyl (C=O) groups is 2. The standard InChI is InChI=1S/C9H7NO4/c11-7-4-5(9(12)13)8(10-7)6-2-1-3-14-6/h1-3H,4H2,(H,10,11)(H,12,13). The lowest BCUT2D eigenvalue weighted by Crippen LogP contribution is -2.13. The molecule has 0 bridgehead atoms. The summed E-state index contributed by atoms with van der Waals surface area (Å²) in [7, 11) is 0. The largest absolute Gasteiger partial charge is 0.478 e. The Labute approximate surface area is 79.0 Å². The second-order valence-corrected chi connectivity index (χ2v) is 2.86. The summed E-state index contributed by atoms with van der Waals surface area (Å²) in [6.45, 7) is 0. The van der Waals surface area contributed by atoms with Gasteiger partial charge < -0.3 is 14.8 Å².